The second-order valence-electron chi connectivity index (χ2n) is 4.91. The molecule has 0 aliphatic heterocycles. The number of fused-ring (bicyclic) bond motifs is 1. The van der Waals surface area contributed by atoms with Crippen LogP contribution in [0.15, 0.2) is 40.9 Å². The molecule has 1 aromatic carbocycles. The van der Waals surface area contributed by atoms with E-state index < -0.39 is 0 Å². The van der Waals surface area contributed by atoms with Crippen LogP contribution in [0.25, 0.3) is 10.9 Å². The van der Waals surface area contributed by atoms with E-state index in [1.807, 2.05) is 32.0 Å². The number of pyridine rings is 1. The van der Waals surface area contributed by atoms with Gasteiger partial charge in [-0.05, 0) is 31.5 Å². The Labute approximate surface area is 117 Å². The van der Waals surface area contributed by atoms with E-state index >= 15 is 0 Å². The molecule has 3 rings (SSSR count). The van der Waals surface area contributed by atoms with Crippen LogP contribution < -0.4 is 5.32 Å². The minimum Gasteiger partial charge on any atom is -0.445 e. The van der Waals surface area contributed by atoms with Crippen LogP contribution in [0, 0.1) is 13.8 Å². The minimum atomic E-state index is 0.629. The fourth-order valence-electron chi connectivity index (χ4n) is 2.33. The van der Waals surface area contributed by atoms with Gasteiger partial charge in [0.2, 0.25) is 5.89 Å². The first-order chi connectivity index (χ1) is 9.72. The summed E-state index contributed by atoms with van der Waals surface area (Å²) in [5, 5.41) is 4.56. The van der Waals surface area contributed by atoms with E-state index in [1.54, 1.807) is 6.20 Å². The molecule has 2 heterocycles. The minimum absolute atomic E-state index is 0.629. The second kappa shape index (κ2) is 5.43. The quantitative estimate of drug-likeness (QED) is 0.789. The largest absolute Gasteiger partial charge is 0.445 e. The van der Waals surface area contributed by atoms with Gasteiger partial charge in [0.25, 0.3) is 0 Å². The summed E-state index contributed by atoms with van der Waals surface area (Å²) in [5.41, 5.74) is 3.32. The monoisotopic (exact) mass is 267 g/mol. The molecular weight excluding hydrogens is 250 g/mol. The Hall–Kier alpha value is -2.20. The summed E-state index contributed by atoms with van der Waals surface area (Å²) >= 11 is 0. The topological polar surface area (TPSA) is 51.0 Å². The maximum absolute atomic E-state index is 5.45. The van der Waals surface area contributed by atoms with Gasteiger partial charge in [0.05, 0.1) is 18.3 Å². The van der Waals surface area contributed by atoms with Crippen molar-refractivity contribution in [2.75, 3.05) is 0 Å². The van der Waals surface area contributed by atoms with E-state index in [-0.39, 0.29) is 0 Å². The van der Waals surface area contributed by atoms with E-state index in [9.17, 15) is 0 Å². The zero-order valence-corrected chi connectivity index (χ0v) is 11.7. The molecule has 3 aromatic rings. The molecule has 0 aliphatic carbocycles. The Kier molecular flexibility index (Phi) is 3.48. The lowest BCUT2D eigenvalue weighted by atomic mass is 10.1. The highest BCUT2D eigenvalue weighted by atomic mass is 16.4. The van der Waals surface area contributed by atoms with Gasteiger partial charge >= 0.3 is 0 Å². The van der Waals surface area contributed by atoms with Crippen LogP contribution in [-0.4, -0.2) is 9.97 Å². The molecule has 0 atom stereocenters. The van der Waals surface area contributed by atoms with E-state index in [0.29, 0.717) is 6.54 Å². The summed E-state index contributed by atoms with van der Waals surface area (Å²) in [4.78, 5) is 8.73. The lowest BCUT2D eigenvalue weighted by Gasteiger charge is -2.08. The summed E-state index contributed by atoms with van der Waals surface area (Å²) in [6, 6.07) is 10.3. The maximum atomic E-state index is 5.45. The summed E-state index contributed by atoms with van der Waals surface area (Å²) in [6.45, 7) is 5.32. The number of rotatable bonds is 4. The molecule has 0 saturated carbocycles. The summed E-state index contributed by atoms with van der Waals surface area (Å²) in [6.07, 6.45) is 1.74. The number of hydrogen-bond acceptors (Lipinski definition) is 4. The molecule has 4 heteroatoms. The highest BCUT2D eigenvalue weighted by molar-refractivity contribution is 5.82. The zero-order chi connectivity index (χ0) is 13.9. The first kappa shape index (κ1) is 12.8. The molecule has 1 N–H and O–H groups in total. The number of hydrogen-bond donors (Lipinski definition) is 1. The Bertz CT molecular complexity index is 733. The third kappa shape index (κ3) is 2.70. The van der Waals surface area contributed by atoms with Gasteiger partial charge in [-0.15, -0.1) is 0 Å². The van der Waals surface area contributed by atoms with Gasteiger partial charge in [0.15, 0.2) is 0 Å². The molecule has 0 saturated heterocycles. The number of nitrogens with one attached hydrogen (secondary N) is 1. The van der Waals surface area contributed by atoms with Gasteiger partial charge in [-0.3, -0.25) is 4.98 Å². The van der Waals surface area contributed by atoms with Crippen LogP contribution in [0.5, 0.6) is 0 Å². The van der Waals surface area contributed by atoms with Gasteiger partial charge in [0.1, 0.15) is 5.76 Å². The lowest BCUT2D eigenvalue weighted by molar-refractivity contribution is 0.449. The Balaban J connectivity index is 1.77. The molecule has 4 nitrogen and oxygen atoms in total. The average molecular weight is 267 g/mol. The van der Waals surface area contributed by atoms with Crippen molar-refractivity contribution in [2.24, 2.45) is 0 Å². The Morgan fingerprint density at radius 2 is 2.00 bits per heavy atom. The number of oxazole rings is 1. The van der Waals surface area contributed by atoms with Crippen LogP contribution in [-0.2, 0) is 13.1 Å². The van der Waals surface area contributed by atoms with Crippen molar-refractivity contribution in [1.29, 1.82) is 0 Å². The Morgan fingerprint density at radius 1 is 1.15 bits per heavy atom. The molecule has 0 bridgehead atoms. The van der Waals surface area contributed by atoms with E-state index in [0.717, 1.165) is 29.4 Å². The average Bonchev–Trinajstić information content (AvgIpc) is 2.84. The van der Waals surface area contributed by atoms with Crippen molar-refractivity contribution >= 4 is 10.9 Å². The van der Waals surface area contributed by atoms with Crippen LogP contribution in [0.3, 0.4) is 0 Å². The molecule has 0 aliphatic rings. The highest BCUT2D eigenvalue weighted by Crippen LogP contribution is 2.18. The summed E-state index contributed by atoms with van der Waals surface area (Å²) in [5.74, 6) is 1.56. The molecule has 0 spiro atoms. The van der Waals surface area contributed by atoms with Crippen LogP contribution in [0.2, 0.25) is 0 Å². The molecular formula is C16H17N3O. The molecule has 20 heavy (non-hydrogen) atoms. The predicted molar refractivity (Wildman–Crippen MR) is 78.3 cm³/mol. The van der Waals surface area contributed by atoms with Crippen LogP contribution >= 0.6 is 0 Å². The number of para-hydroxylation sites is 1. The molecule has 0 radical (unpaired) electrons. The standard InChI is InChI=1S/C16H17N3O/c1-11-7-13(14-5-3-4-6-15(14)19-11)9-17-10-16-18-8-12(2)20-16/h3-8,17H,9-10H2,1-2H3. The summed E-state index contributed by atoms with van der Waals surface area (Å²) in [7, 11) is 0. The normalized spacial score (nSPS) is 11.1. The van der Waals surface area contributed by atoms with Gasteiger partial charge < -0.3 is 9.73 Å². The van der Waals surface area contributed by atoms with Crippen molar-refractivity contribution in [2.45, 2.75) is 26.9 Å². The van der Waals surface area contributed by atoms with Crippen molar-refractivity contribution in [3.05, 3.63) is 59.4 Å². The third-order valence-electron chi connectivity index (χ3n) is 3.19. The number of aromatic nitrogens is 2. The van der Waals surface area contributed by atoms with E-state index in [2.05, 4.69) is 27.4 Å². The van der Waals surface area contributed by atoms with Gasteiger partial charge in [-0.1, -0.05) is 18.2 Å². The van der Waals surface area contributed by atoms with Crippen molar-refractivity contribution in [3.63, 3.8) is 0 Å². The molecule has 102 valence electrons. The highest BCUT2D eigenvalue weighted by Gasteiger charge is 2.04. The van der Waals surface area contributed by atoms with Gasteiger partial charge in [0, 0.05) is 17.6 Å². The molecule has 2 aromatic heterocycles. The summed E-state index contributed by atoms with van der Waals surface area (Å²) < 4.78 is 5.45. The van der Waals surface area contributed by atoms with Gasteiger partial charge in [-0.25, -0.2) is 4.98 Å². The fourth-order valence-corrected chi connectivity index (χ4v) is 2.33. The maximum Gasteiger partial charge on any atom is 0.208 e. The van der Waals surface area contributed by atoms with Crippen molar-refractivity contribution in [3.8, 4) is 0 Å². The van der Waals surface area contributed by atoms with Crippen molar-refractivity contribution in [1.82, 2.24) is 15.3 Å². The molecule has 0 unspecified atom stereocenters. The second-order valence-corrected chi connectivity index (χ2v) is 4.91. The predicted octanol–water partition coefficient (Wildman–Crippen LogP) is 3.13. The molecule has 0 fully saturated rings. The number of nitrogens with zero attached hydrogens (tertiary/aromatic N) is 2. The molecule has 0 amide bonds. The first-order valence-electron chi connectivity index (χ1n) is 6.69. The lowest BCUT2D eigenvalue weighted by Crippen LogP contribution is -2.13. The fraction of sp³-hybridized carbons (Fsp3) is 0.250. The van der Waals surface area contributed by atoms with Gasteiger partial charge in [-0.2, -0.15) is 0 Å². The van der Waals surface area contributed by atoms with Crippen molar-refractivity contribution < 1.29 is 4.42 Å². The van der Waals surface area contributed by atoms with Crippen LogP contribution in [0.4, 0.5) is 0 Å². The zero-order valence-electron chi connectivity index (χ0n) is 11.7. The number of aryl methyl sites for hydroxylation is 2. The SMILES string of the molecule is Cc1cc(CNCc2ncc(C)o2)c2ccccc2n1. The van der Waals surface area contributed by atoms with E-state index in [4.69, 9.17) is 4.42 Å². The smallest absolute Gasteiger partial charge is 0.208 e. The number of benzene rings is 1. The van der Waals surface area contributed by atoms with E-state index in [1.165, 1.54) is 10.9 Å². The Morgan fingerprint density at radius 3 is 2.80 bits per heavy atom. The first-order valence-corrected chi connectivity index (χ1v) is 6.69. The third-order valence-corrected chi connectivity index (χ3v) is 3.19. The van der Waals surface area contributed by atoms with Crippen LogP contribution in [0.1, 0.15) is 22.9 Å².